The summed E-state index contributed by atoms with van der Waals surface area (Å²) in [4.78, 5) is 22.0. The van der Waals surface area contributed by atoms with Crippen LogP contribution in [0.4, 0.5) is 0 Å². The van der Waals surface area contributed by atoms with Crippen LogP contribution in [-0.2, 0) is 35.5 Å². The number of hydrogen-bond acceptors (Lipinski definition) is 6. The Morgan fingerprint density at radius 2 is 1.75 bits per heavy atom. The number of hydrogen-bond donors (Lipinski definition) is 0. The van der Waals surface area contributed by atoms with Crippen molar-refractivity contribution in [1.82, 2.24) is 14.5 Å². The van der Waals surface area contributed by atoms with Crippen LogP contribution >= 0.6 is 11.3 Å². The number of aryl methyl sites for hydroxylation is 1. The van der Waals surface area contributed by atoms with Crippen molar-refractivity contribution in [3.8, 4) is 16.3 Å². The highest BCUT2D eigenvalue weighted by molar-refractivity contribution is 7.13. The molecule has 7 heteroatoms. The first-order chi connectivity index (χ1) is 21.0. The third-order valence-electron chi connectivity index (χ3n) is 7.91. The molecule has 0 saturated heterocycles. The first-order valence-corrected chi connectivity index (χ1v) is 16.2. The topological polar surface area (TPSA) is 66.2 Å². The van der Waals surface area contributed by atoms with E-state index in [4.69, 9.17) is 9.47 Å². The molecule has 0 fully saturated rings. The Morgan fingerprint density at radius 1 is 0.955 bits per heavy atom. The molecule has 3 heterocycles. The molecule has 0 radical (unpaired) electrons. The third kappa shape index (κ3) is 7.56. The molecule has 0 bridgehead atoms. The lowest BCUT2D eigenvalue weighted by Gasteiger charge is -2.25. The van der Waals surface area contributed by atoms with Gasteiger partial charge in [0, 0.05) is 52.9 Å². The standard InChI is InChI=1S/C37H43N3O3S/c1-7-42-35(41)37(5,6)23-33-30(17-18-36(2,3)4)31-22-29(43-25-28-10-8-9-19-38-28)15-16-32(31)40(33)24-26-11-13-27(14-12-26)34-39-20-21-44-34/h8-16,19-22H,7,17-18,23-25H2,1-6H3. The van der Waals surface area contributed by atoms with Gasteiger partial charge in [-0.2, -0.15) is 0 Å². The number of ether oxygens (including phenoxy) is 2. The van der Waals surface area contributed by atoms with Gasteiger partial charge in [0.1, 0.15) is 17.4 Å². The third-order valence-corrected chi connectivity index (χ3v) is 8.73. The van der Waals surface area contributed by atoms with Gasteiger partial charge < -0.3 is 14.0 Å². The maximum Gasteiger partial charge on any atom is 0.311 e. The van der Waals surface area contributed by atoms with Crippen LogP contribution in [0.1, 0.15) is 70.5 Å². The fourth-order valence-corrected chi connectivity index (χ4v) is 6.11. The first kappa shape index (κ1) is 31.5. The molecule has 0 aliphatic heterocycles. The van der Waals surface area contributed by atoms with Crippen LogP contribution in [0.2, 0.25) is 0 Å². The number of esters is 1. The number of carbonyl (C=O) groups is 1. The molecule has 5 aromatic rings. The molecule has 0 amide bonds. The summed E-state index contributed by atoms with van der Waals surface area (Å²) in [5.74, 6) is 0.632. The normalized spacial score (nSPS) is 12.0. The molecule has 0 spiro atoms. The number of fused-ring (bicyclic) bond motifs is 1. The maximum absolute atomic E-state index is 13.1. The molecule has 6 nitrogen and oxygen atoms in total. The molecule has 0 N–H and O–H groups in total. The van der Waals surface area contributed by atoms with E-state index in [0.717, 1.165) is 40.4 Å². The maximum atomic E-state index is 13.1. The largest absolute Gasteiger partial charge is 0.487 e. The highest BCUT2D eigenvalue weighted by atomic mass is 32.1. The Hall–Kier alpha value is -3.97. The monoisotopic (exact) mass is 609 g/mol. The second-order valence-electron chi connectivity index (χ2n) is 13.2. The highest BCUT2D eigenvalue weighted by Gasteiger charge is 2.33. The zero-order chi connectivity index (χ0) is 31.3. The van der Waals surface area contributed by atoms with Crippen molar-refractivity contribution >= 4 is 28.2 Å². The summed E-state index contributed by atoms with van der Waals surface area (Å²) in [6.07, 6.45) is 6.11. The van der Waals surface area contributed by atoms with Gasteiger partial charge in [-0.05, 0) is 80.5 Å². The predicted octanol–water partition coefficient (Wildman–Crippen LogP) is 8.90. The van der Waals surface area contributed by atoms with Gasteiger partial charge in [0.15, 0.2) is 0 Å². The Bertz CT molecular complexity index is 1680. The Labute approximate surface area is 265 Å². The quantitative estimate of drug-likeness (QED) is 0.132. The molecule has 3 aromatic heterocycles. The Balaban J connectivity index is 1.59. The van der Waals surface area contributed by atoms with E-state index in [0.29, 0.717) is 26.2 Å². The number of pyridine rings is 1. The van der Waals surface area contributed by atoms with E-state index in [9.17, 15) is 4.79 Å². The van der Waals surface area contributed by atoms with Gasteiger partial charge in [-0.3, -0.25) is 9.78 Å². The van der Waals surface area contributed by atoms with Crippen molar-refractivity contribution in [1.29, 1.82) is 0 Å². The predicted molar refractivity (Wildman–Crippen MR) is 179 cm³/mol. The van der Waals surface area contributed by atoms with Crippen LogP contribution in [0.3, 0.4) is 0 Å². The number of rotatable bonds is 12. The number of nitrogens with zero attached hydrogens (tertiary/aromatic N) is 3. The van der Waals surface area contributed by atoms with Crippen LogP contribution in [0.5, 0.6) is 5.75 Å². The SMILES string of the molecule is CCOC(=O)C(C)(C)Cc1c(CCC(C)(C)C)c2cc(OCc3ccccn3)ccc2n1Cc1ccc(-c2nccs2)cc1. The molecular formula is C37H43N3O3S. The summed E-state index contributed by atoms with van der Waals surface area (Å²) in [5, 5.41) is 4.18. The minimum atomic E-state index is -0.689. The van der Waals surface area contributed by atoms with Crippen LogP contribution in [-0.4, -0.2) is 27.1 Å². The van der Waals surface area contributed by atoms with E-state index in [2.05, 4.69) is 71.7 Å². The van der Waals surface area contributed by atoms with E-state index < -0.39 is 5.41 Å². The van der Waals surface area contributed by atoms with Crippen LogP contribution in [0, 0.1) is 10.8 Å². The van der Waals surface area contributed by atoms with Crippen molar-refractivity contribution in [3.63, 3.8) is 0 Å². The summed E-state index contributed by atoms with van der Waals surface area (Å²) >= 11 is 1.64. The Morgan fingerprint density at radius 3 is 2.41 bits per heavy atom. The van der Waals surface area contributed by atoms with Crippen molar-refractivity contribution in [2.75, 3.05) is 6.61 Å². The number of thiazole rings is 1. The van der Waals surface area contributed by atoms with E-state index in [1.165, 1.54) is 22.2 Å². The summed E-state index contributed by atoms with van der Waals surface area (Å²) in [5.41, 5.74) is 6.24. The van der Waals surface area contributed by atoms with Crippen LogP contribution in [0.25, 0.3) is 21.5 Å². The highest BCUT2D eigenvalue weighted by Crippen LogP contribution is 2.37. The van der Waals surface area contributed by atoms with Gasteiger partial charge in [-0.15, -0.1) is 11.3 Å². The van der Waals surface area contributed by atoms with Gasteiger partial charge in [0.2, 0.25) is 0 Å². The minimum Gasteiger partial charge on any atom is -0.487 e. The minimum absolute atomic E-state index is 0.154. The lowest BCUT2D eigenvalue weighted by molar-refractivity contribution is -0.153. The summed E-state index contributed by atoms with van der Waals surface area (Å²) in [6.45, 7) is 14.1. The lowest BCUT2D eigenvalue weighted by Crippen LogP contribution is -2.30. The molecule has 0 atom stereocenters. The molecule has 0 unspecified atom stereocenters. The average molecular weight is 610 g/mol. The summed E-state index contributed by atoms with van der Waals surface area (Å²) in [7, 11) is 0. The van der Waals surface area contributed by atoms with Crippen molar-refractivity contribution in [2.45, 2.75) is 74.0 Å². The zero-order valence-corrected chi connectivity index (χ0v) is 27.5. The molecular weight excluding hydrogens is 566 g/mol. The molecule has 5 rings (SSSR count). The number of carbonyl (C=O) groups excluding carboxylic acids is 1. The average Bonchev–Trinajstić information content (AvgIpc) is 3.63. The van der Waals surface area contributed by atoms with E-state index >= 15 is 0 Å². The fraction of sp³-hybridized carbons (Fsp3) is 0.378. The van der Waals surface area contributed by atoms with Crippen LogP contribution < -0.4 is 4.74 Å². The number of aromatic nitrogens is 3. The van der Waals surface area contributed by atoms with Gasteiger partial charge >= 0.3 is 5.97 Å². The van der Waals surface area contributed by atoms with Gasteiger partial charge in [0.05, 0.1) is 17.7 Å². The van der Waals surface area contributed by atoms with Gasteiger partial charge in [-0.25, -0.2) is 4.98 Å². The van der Waals surface area contributed by atoms with Gasteiger partial charge in [0.25, 0.3) is 0 Å². The fourth-order valence-electron chi connectivity index (χ4n) is 5.47. The molecule has 2 aromatic carbocycles. The molecule has 0 aliphatic carbocycles. The van der Waals surface area contributed by atoms with Crippen molar-refractivity contribution in [2.24, 2.45) is 10.8 Å². The molecule has 0 aliphatic rings. The lowest BCUT2D eigenvalue weighted by atomic mass is 9.84. The van der Waals surface area contributed by atoms with E-state index in [-0.39, 0.29) is 11.4 Å². The first-order valence-electron chi connectivity index (χ1n) is 15.4. The summed E-state index contributed by atoms with van der Waals surface area (Å²) in [6, 6.07) is 20.9. The molecule has 44 heavy (non-hydrogen) atoms. The number of benzene rings is 2. The summed E-state index contributed by atoms with van der Waals surface area (Å²) < 4.78 is 14.2. The van der Waals surface area contributed by atoms with E-state index in [1.807, 2.05) is 56.6 Å². The van der Waals surface area contributed by atoms with Crippen LogP contribution in [0.15, 0.2) is 78.4 Å². The van der Waals surface area contributed by atoms with Crippen molar-refractivity contribution < 1.29 is 14.3 Å². The molecule has 0 saturated carbocycles. The second kappa shape index (κ2) is 13.3. The Kier molecular flexibility index (Phi) is 9.54. The zero-order valence-electron chi connectivity index (χ0n) is 26.7. The van der Waals surface area contributed by atoms with E-state index in [1.54, 1.807) is 17.5 Å². The smallest absolute Gasteiger partial charge is 0.311 e. The molecule has 230 valence electrons. The van der Waals surface area contributed by atoms with Crippen molar-refractivity contribution in [3.05, 3.63) is 101 Å². The van der Waals surface area contributed by atoms with Gasteiger partial charge in [-0.1, -0.05) is 51.1 Å². The second-order valence-corrected chi connectivity index (χ2v) is 14.1.